The van der Waals surface area contributed by atoms with E-state index in [9.17, 15) is 26.7 Å². The van der Waals surface area contributed by atoms with Gasteiger partial charge in [0.15, 0.2) is 0 Å². The third-order valence-corrected chi connectivity index (χ3v) is 1.46. The Morgan fingerprint density at radius 1 is 1.14 bits per heavy atom. The van der Waals surface area contributed by atoms with E-state index in [1.165, 1.54) is 0 Å². The molecule has 1 atom stereocenters. The summed E-state index contributed by atoms with van der Waals surface area (Å²) in [6, 6.07) is -2.80. The van der Waals surface area contributed by atoms with E-state index in [-0.39, 0.29) is 0 Å². The van der Waals surface area contributed by atoms with Gasteiger partial charge in [-0.25, -0.2) is 4.99 Å². The normalized spacial score (nSPS) is 22.9. The van der Waals surface area contributed by atoms with Crippen LogP contribution in [0.1, 0.15) is 0 Å². The molecule has 1 rings (SSSR count). The molecule has 0 aromatic heterocycles. The number of halogens is 5. The monoisotopic (exact) mass is 214 g/mol. The molecule has 1 unspecified atom stereocenters. The lowest BCUT2D eigenvalue weighted by molar-refractivity contribution is -0.286. The molecule has 0 fully saturated rings. The molecule has 1 aliphatic rings. The van der Waals surface area contributed by atoms with Gasteiger partial charge in [-0.05, 0) is 0 Å². The van der Waals surface area contributed by atoms with Crippen molar-refractivity contribution in [2.45, 2.75) is 18.1 Å². The van der Waals surface area contributed by atoms with E-state index in [0.717, 1.165) is 6.21 Å². The van der Waals surface area contributed by atoms with E-state index in [2.05, 4.69) is 9.98 Å². The molecule has 0 aliphatic carbocycles. The van der Waals surface area contributed by atoms with E-state index >= 15 is 0 Å². The van der Waals surface area contributed by atoms with Crippen molar-refractivity contribution in [1.82, 2.24) is 0 Å². The molecule has 0 aromatic rings. The van der Waals surface area contributed by atoms with Crippen LogP contribution in [0.25, 0.3) is 0 Å². The number of hydrogen-bond donors (Lipinski definition) is 0. The van der Waals surface area contributed by atoms with E-state index in [1.807, 2.05) is 0 Å². The Kier molecular flexibility index (Phi) is 2.38. The second-order valence-electron chi connectivity index (χ2n) is 2.44. The molecule has 0 saturated carbocycles. The van der Waals surface area contributed by atoms with Crippen LogP contribution in [0.4, 0.5) is 22.0 Å². The van der Waals surface area contributed by atoms with Crippen LogP contribution in [0.3, 0.4) is 0 Å². The molecular formula is C6H3F5N2O. The summed E-state index contributed by atoms with van der Waals surface area (Å²) >= 11 is 0. The predicted octanol–water partition coefficient (Wildman–Crippen LogP) is 1.23. The third kappa shape index (κ3) is 1.64. The van der Waals surface area contributed by atoms with Gasteiger partial charge in [-0.2, -0.15) is 22.0 Å². The molecule has 0 saturated heterocycles. The number of nitrogens with zero attached hydrogens (tertiary/aromatic N) is 2. The molecule has 0 aromatic carbocycles. The van der Waals surface area contributed by atoms with Crippen LogP contribution >= 0.6 is 0 Å². The summed E-state index contributed by atoms with van der Waals surface area (Å²) in [5.74, 6) is -6.78. The minimum absolute atomic E-state index is 0.631. The van der Waals surface area contributed by atoms with Gasteiger partial charge in [0, 0.05) is 12.4 Å². The smallest absolute Gasteiger partial charge is 0.271 e. The van der Waals surface area contributed by atoms with Crippen LogP contribution in [0.15, 0.2) is 9.98 Å². The summed E-state index contributed by atoms with van der Waals surface area (Å²) in [6.45, 7) is 0. The molecule has 3 nitrogen and oxygen atoms in total. The predicted molar refractivity (Wildman–Crippen MR) is 36.8 cm³/mol. The zero-order valence-electron chi connectivity index (χ0n) is 6.42. The van der Waals surface area contributed by atoms with Gasteiger partial charge in [-0.3, -0.25) is 9.79 Å². The van der Waals surface area contributed by atoms with E-state index in [0.29, 0.717) is 6.21 Å². The van der Waals surface area contributed by atoms with Crippen molar-refractivity contribution in [1.29, 1.82) is 0 Å². The fraction of sp³-hybridized carbons (Fsp3) is 0.500. The Hall–Kier alpha value is -1.34. The second kappa shape index (κ2) is 3.10. The highest BCUT2D eigenvalue weighted by Gasteiger charge is 2.65. The summed E-state index contributed by atoms with van der Waals surface area (Å²) in [7, 11) is 0. The Labute approximate surface area is 74.3 Å². The highest BCUT2D eigenvalue weighted by Crippen LogP contribution is 2.39. The van der Waals surface area contributed by atoms with Crippen LogP contribution in [0.5, 0.6) is 0 Å². The first-order chi connectivity index (χ1) is 6.27. The SMILES string of the molecule is O=C1N=CC=NC1C(F)(F)C(F)(F)F. The maximum atomic E-state index is 12.5. The van der Waals surface area contributed by atoms with Gasteiger partial charge in [0.05, 0.1) is 0 Å². The number of rotatable bonds is 1. The van der Waals surface area contributed by atoms with Gasteiger partial charge in [0.1, 0.15) is 0 Å². The summed E-state index contributed by atoms with van der Waals surface area (Å²) in [5.41, 5.74) is 0. The van der Waals surface area contributed by atoms with Gasteiger partial charge in [-0.1, -0.05) is 0 Å². The van der Waals surface area contributed by atoms with Crippen molar-refractivity contribution >= 4 is 18.3 Å². The lowest BCUT2D eigenvalue weighted by Crippen LogP contribution is -2.50. The molecule has 8 heteroatoms. The van der Waals surface area contributed by atoms with Crippen molar-refractivity contribution in [2.75, 3.05) is 0 Å². The fourth-order valence-corrected chi connectivity index (χ4v) is 0.769. The fourth-order valence-electron chi connectivity index (χ4n) is 0.769. The Balaban J connectivity index is 2.99. The largest absolute Gasteiger partial charge is 0.456 e. The standard InChI is InChI=1S/C6H3F5N2O/c7-5(8,6(9,10)11)3-4(14)13-2-1-12-3/h1-3H. The van der Waals surface area contributed by atoms with Crippen LogP contribution in [0, 0.1) is 0 Å². The zero-order valence-corrected chi connectivity index (χ0v) is 6.42. The highest BCUT2D eigenvalue weighted by molar-refractivity contribution is 6.21. The number of aliphatic imine (C=N–C) groups is 2. The molecule has 0 N–H and O–H groups in total. The highest BCUT2D eigenvalue weighted by atomic mass is 19.4. The van der Waals surface area contributed by atoms with Crippen LogP contribution in [-0.4, -0.2) is 36.5 Å². The zero-order chi connectivity index (χ0) is 11.0. The number of carbonyl (C=O) groups is 1. The minimum Gasteiger partial charge on any atom is -0.271 e. The van der Waals surface area contributed by atoms with Crippen LogP contribution in [-0.2, 0) is 4.79 Å². The summed E-state index contributed by atoms with van der Waals surface area (Å²) in [5, 5.41) is 0. The number of hydrogen-bond acceptors (Lipinski definition) is 2. The van der Waals surface area contributed by atoms with Gasteiger partial charge in [0.2, 0.25) is 6.04 Å². The molecule has 14 heavy (non-hydrogen) atoms. The van der Waals surface area contributed by atoms with E-state index in [1.54, 1.807) is 0 Å². The Morgan fingerprint density at radius 3 is 2.14 bits per heavy atom. The van der Waals surface area contributed by atoms with Gasteiger partial charge in [0.25, 0.3) is 5.91 Å². The number of carbonyl (C=O) groups excluding carboxylic acids is 1. The lowest BCUT2D eigenvalue weighted by atomic mass is 10.1. The van der Waals surface area contributed by atoms with Crippen LogP contribution < -0.4 is 0 Å². The first-order valence-electron chi connectivity index (χ1n) is 3.31. The van der Waals surface area contributed by atoms with Crippen LogP contribution in [0.2, 0.25) is 0 Å². The summed E-state index contributed by atoms with van der Waals surface area (Å²) in [6.07, 6.45) is -4.42. The molecule has 0 bridgehead atoms. The van der Waals surface area contributed by atoms with Crippen molar-refractivity contribution < 1.29 is 26.7 Å². The van der Waals surface area contributed by atoms with E-state index < -0.39 is 24.0 Å². The summed E-state index contributed by atoms with van der Waals surface area (Å²) < 4.78 is 60.4. The van der Waals surface area contributed by atoms with Gasteiger partial charge in [-0.15, -0.1) is 0 Å². The lowest BCUT2D eigenvalue weighted by Gasteiger charge is -2.24. The molecule has 0 radical (unpaired) electrons. The molecule has 1 heterocycles. The quantitative estimate of drug-likeness (QED) is 0.605. The number of amides is 1. The molecule has 0 spiro atoms. The Bertz CT molecular complexity index is 306. The molecular weight excluding hydrogens is 211 g/mol. The minimum atomic E-state index is -5.81. The number of alkyl halides is 5. The van der Waals surface area contributed by atoms with Crippen molar-refractivity contribution in [3.63, 3.8) is 0 Å². The summed E-state index contributed by atoms with van der Waals surface area (Å²) in [4.78, 5) is 16.1. The Morgan fingerprint density at radius 2 is 1.71 bits per heavy atom. The first-order valence-corrected chi connectivity index (χ1v) is 3.31. The molecule has 78 valence electrons. The topological polar surface area (TPSA) is 41.8 Å². The van der Waals surface area contributed by atoms with Crippen molar-refractivity contribution in [3.8, 4) is 0 Å². The second-order valence-corrected chi connectivity index (χ2v) is 2.44. The van der Waals surface area contributed by atoms with Gasteiger partial charge >= 0.3 is 12.1 Å². The maximum Gasteiger partial charge on any atom is 0.456 e. The average molecular weight is 214 g/mol. The maximum absolute atomic E-state index is 12.5. The van der Waals surface area contributed by atoms with Crippen molar-refractivity contribution in [2.24, 2.45) is 9.98 Å². The van der Waals surface area contributed by atoms with Gasteiger partial charge < -0.3 is 0 Å². The van der Waals surface area contributed by atoms with E-state index in [4.69, 9.17) is 0 Å². The molecule has 1 amide bonds. The first kappa shape index (κ1) is 10.7. The average Bonchev–Trinajstić information content (AvgIpc) is 2.02. The third-order valence-electron chi connectivity index (χ3n) is 1.46. The van der Waals surface area contributed by atoms with Crippen molar-refractivity contribution in [3.05, 3.63) is 0 Å². The molecule has 1 aliphatic heterocycles.